The molecule has 1 aliphatic rings. The van der Waals surface area contributed by atoms with Crippen LogP contribution in [0, 0.1) is 25.4 Å². The number of ether oxygens (including phenoxy) is 1. The predicted octanol–water partition coefficient (Wildman–Crippen LogP) is 1.84. The van der Waals surface area contributed by atoms with E-state index in [4.69, 9.17) is 9.57 Å². The molecule has 1 atom stereocenters. The van der Waals surface area contributed by atoms with Gasteiger partial charge in [0.05, 0.1) is 34.0 Å². The minimum Gasteiger partial charge on any atom is -0.569 e. The van der Waals surface area contributed by atoms with E-state index in [1.165, 1.54) is 9.91 Å². The zero-order chi connectivity index (χ0) is 20.8. The van der Waals surface area contributed by atoms with Crippen molar-refractivity contribution in [1.82, 2.24) is 9.91 Å². The second kappa shape index (κ2) is 8.79. The van der Waals surface area contributed by atoms with Crippen LogP contribution in [0.5, 0.6) is 5.75 Å². The quantitative estimate of drug-likeness (QED) is 0.300. The van der Waals surface area contributed by atoms with Crippen LogP contribution in [0.1, 0.15) is 13.8 Å². The first-order valence-corrected chi connectivity index (χ1v) is 8.20. The van der Waals surface area contributed by atoms with Crippen molar-refractivity contribution in [2.75, 3.05) is 26.2 Å². The lowest BCUT2D eigenvalue weighted by molar-refractivity contribution is -0.716. The number of hydrogen-bond acceptors (Lipinski definition) is 9. The Morgan fingerprint density at radius 2 is 1.96 bits per heavy atom. The van der Waals surface area contributed by atoms with Crippen molar-refractivity contribution < 1.29 is 29.2 Å². The van der Waals surface area contributed by atoms with Gasteiger partial charge in [0.25, 0.3) is 5.69 Å². The van der Waals surface area contributed by atoms with Gasteiger partial charge in [0.1, 0.15) is 6.04 Å². The normalized spacial score (nSPS) is 17.2. The number of piperazine rings is 1. The van der Waals surface area contributed by atoms with Crippen LogP contribution < -0.4 is 4.84 Å². The molecular weight excluding hydrogens is 380 g/mol. The van der Waals surface area contributed by atoms with Gasteiger partial charge in [0, 0.05) is 19.2 Å². The van der Waals surface area contributed by atoms with Gasteiger partial charge in [-0.2, -0.15) is 0 Å². The molecule has 0 spiro atoms. The van der Waals surface area contributed by atoms with Gasteiger partial charge in [-0.25, -0.2) is 4.79 Å². The molecule has 14 nitrogen and oxygen atoms in total. The number of nitro benzene ring substituents is 2. The number of nitrogens with zero attached hydrogens (tertiary/aromatic N) is 6. The molecule has 1 unspecified atom stereocenters. The molecule has 28 heavy (non-hydrogen) atoms. The maximum Gasteiger partial charge on any atom is 0.409 e. The number of benzene rings is 1. The van der Waals surface area contributed by atoms with Crippen LogP contribution in [0.3, 0.4) is 0 Å². The Kier molecular flexibility index (Phi) is 6.46. The lowest BCUT2D eigenvalue weighted by Crippen LogP contribution is -2.55. The number of carbonyl (C=O) groups excluding carboxylic acids is 1. The van der Waals surface area contributed by atoms with Crippen LogP contribution in [0.25, 0.3) is 0 Å². The van der Waals surface area contributed by atoms with Gasteiger partial charge < -0.3 is 14.8 Å². The van der Waals surface area contributed by atoms with E-state index in [1.54, 1.807) is 13.8 Å². The Morgan fingerprint density at radius 3 is 2.54 bits per heavy atom. The molecule has 0 radical (unpaired) electrons. The number of amides is 1. The molecule has 0 aliphatic carbocycles. The van der Waals surface area contributed by atoms with E-state index in [0.717, 1.165) is 12.1 Å². The summed E-state index contributed by atoms with van der Waals surface area (Å²) in [7, 11) is 0. The summed E-state index contributed by atoms with van der Waals surface area (Å²) in [6.45, 7) is 4.17. The van der Waals surface area contributed by atoms with Gasteiger partial charge in [0.2, 0.25) is 11.0 Å². The summed E-state index contributed by atoms with van der Waals surface area (Å²) >= 11 is 0. The molecule has 0 N–H and O–H groups in total. The van der Waals surface area contributed by atoms with Crippen molar-refractivity contribution in [3.05, 3.63) is 43.6 Å². The van der Waals surface area contributed by atoms with E-state index in [0.29, 0.717) is 6.07 Å². The van der Waals surface area contributed by atoms with Crippen molar-refractivity contribution in [3.8, 4) is 5.75 Å². The highest BCUT2D eigenvalue weighted by Gasteiger charge is 2.32. The molecule has 1 saturated heterocycles. The topological polar surface area (TPSA) is 167 Å². The molecule has 1 heterocycles. The van der Waals surface area contributed by atoms with E-state index >= 15 is 0 Å². The van der Waals surface area contributed by atoms with Crippen LogP contribution in [0.15, 0.2) is 23.5 Å². The molecule has 1 aliphatic heterocycles. The van der Waals surface area contributed by atoms with Crippen LogP contribution in [0.2, 0.25) is 0 Å². The van der Waals surface area contributed by atoms with E-state index in [-0.39, 0.29) is 31.2 Å². The lowest BCUT2D eigenvalue weighted by atomic mass is 10.2. The van der Waals surface area contributed by atoms with Gasteiger partial charge >= 0.3 is 11.8 Å². The van der Waals surface area contributed by atoms with Gasteiger partial charge in [-0.3, -0.25) is 25.1 Å². The first-order valence-electron chi connectivity index (χ1n) is 8.20. The zero-order valence-corrected chi connectivity index (χ0v) is 15.1. The number of non-ortho nitro benzene ring substituents is 1. The molecule has 2 rings (SSSR count). The second-order valence-corrected chi connectivity index (χ2v) is 5.75. The number of rotatable bonds is 6. The summed E-state index contributed by atoms with van der Waals surface area (Å²) < 4.78 is 4.91. The third kappa shape index (κ3) is 4.72. The van der Waals surface area contributed by atoms with Gasteiger partial charge in [-0.15, -0.1) is 5.01 Å². The van der Waals surface area contributed by atoms with Crippen LogP contribution in [0.4, 0.5) is 16.2 Å². The summed E-state index contributed by atoms with van der Waals surface area (Å²) in [6, 6.07) is 2.26. The van der Waals surface area contributed by atoms with Gasteiger partial charge in [-0.05, 0) is 19.9 Å². The SMILES string of the molecule is CCOC(=O)N1CCN(/[N+]([O-])=N/Oc2ccc([N+](=O)[O-])cc2[N+](=O)[O-])C(C)C1. The van der Waals surface area contributed by atoms with Gasteiger partial charge in [-0.1, -0.05) is 0 Å². The number of nitro groups is 2. The molecule has 1 amide bonds. The smallest absolute Gasteiger partial charge is 0.409 e. The van der Waals surface area contributed by atoms with Crippen molar-refractivity contribution in [3.63, 3.8) is 0 Å². The number of carbonyl (C=O) groups is 1. The van der Waals surface area contributed by atoms with Crippen molar-refractivity contribution in [2.24, 2.45) is 5.28 Å². The standard InChI is InChI=1S/C14H18N6O8/c1-3-27-14(21)16-6-7-17(10(2)9-16)20(26)15-28-13-5-4-11(18(22)23)8-12(13)19(24)25/h4-5,8,10H,3,6-7,9H2,1-2H3/b20-15-. The zero-order valence-electron chi connectivity index (χ0n) is 15.1. The van der Waals surface area contributed by atoms with E-state index in [2.05, 4.69) is 5.28 Å². The molecule has 14 heteroatoms. The Labute approximate surface area is 158 Å². The van der Waals surface area contributed by atoms with Crippen molar-refractivity contribution >= 4 is 17.5 Å². The largest absolute Gasteiger partial charge is 0.569 e. The summed E-state index contributed by atoms with van der Waals surface area (Å²) in [4.78, 5) is 38.3. The van der Waals surface area contributed by atoms with Gasteiger partial charge in [0.15, 0.2) is 0 Å². The molecule has 1 aromatic carbocycles. The van der Waals surface area contributed by atoms with E-state index < -0.39 is 39.1 Å². The van der Waals surface area contributed by atoms with Crippen LogP contribution >= 0.6 is 0 Å². The summed E-state index contributed by atoms with van der Waals surface area (Å²) in [5.41, 5.74) is -1.20. The Bertz CT molecular complexity index is 800. The second-order valence-electron chi connectivity index (χ2n) is 5.75. The third-order valence-corrected chi connectivity index (χ3v) is 3.90. The van der Waals surface area contributed by atoms with E-state index in [9.17, 15) is 30.2 Å². The highest BCUT2D eigenvalue weighted by molar-refractivity contribution is 5.67. The average Bonchev–Trinajstić information content (AvgIpc) is 2.65. The Balaban J connectivity index is 2.09. The maximum absolute atomic E-state index is 12.2. The molecule has 152 valence electrons. The molecule has 0 aromatic heterocycles. The van der Waals surface area contributed by atoms with Crippen molar-refractivity contribution in [2.45, 2.75) is 19.9 Å². The minimum atomic E-state index is -0.881. The fraction of sp³-hybridized carbons (Fsp3) is 0.500. The highest BCUT2D eigenvalue weighted by Crippen LogP contribution is 2.31. The molecule has 1 fully saturated rings. The fourth-order valence-corrected chi connectivity index (χ4v) is 2.55. The molecule has 0 bridgehead atoms. The minimum absolute atomic E-state index is 0.123. The van der Waals surface area contributed by atoms with Crippen LogP contribution in [-0.4, -0.2) is 63.1 Å². The van der Waals surface area contributed by atoms with Crippen molar-refractivity contribution in [1.29, 1.82) is 0 Å². The highest BCUT2D eigenvalue weighted by atomic mass is 16.7. The number of hydrogen-bond donors (Lipinski definition) is 0. The number of hydrazine groups is 1. The fourth-order valence-electron chi connectivity index (χ4n) is 2.55. The Morgan fingerprint density at radius 1 is 1.25 bits per heavy atom. The molecular formula is C14H18N6O8. The van der Waals surface area contributed by atoms with E-state index in [1.807, 2.05) is 0 Å². The average molecular weight is 398 g/mol. The third-order valence-electron chi connectivity index (χ3n) is 3.90. The van der Waals surface area contributed by atoms with Crippen LogP contribution in [-0.2, 0) is 4.74 Å². The molecule has 1 aromatic rings. The Hall–Kier alpha value is -3.71. The summed E-state index contributed by atoms with van der Waals surface area (Å²) in [5.74, 6) is -0.422. The summed E-state index contributed by atoms with van der Waals surface area (Å²) in [6.07, 6.45) is -0.485. The monoisotopic (exact) mass is 398 g/mol. The first kappa shape index (κ1) is 20.6. The first-order chi connectivity index (χ1) is 13.2. The summed E-state index contributed by atoms with van der Waals surface area (Å²) in [5, 5.41) is 38.5. The maximum atomic E-state index is 12.2. The lowest BCUT2D eigenvalue weighted by Gasteiger charge is -2.35. The molecule has 0 saturated carbocycles. The predicted molar refractivity (Wildman–Crippen MR) is 91.2 cm³/mol.